The predicted octanol–water partition coefficient (Wildman–Crippen LogP) is 2.72. The summed E-state index contributed by atoms with van der Waals surface area (Å²) in [7, 11) is -3.50. The second kappa shape index (κ2) is 7.75. The van der Waals surface area contributed by atoms with E-state index < -0.39 is 14.9 Å². The zero-order chi connectivity index (χ0) is 19.6. The number of benzene rings is 2. The molecule has 1 saturated heterocycles. The molecule has 0 aromatic heterocycles. The van der Waals surface area contributed by atoms with Crippen molar-refractivity contribution >= 4 is 15.7 Å². The average molecular weight is 389 g/mol. The van der Waals surface area contributed by atoms with Crippen LogP contribution in [-0.2, 0) is 16.6 Å². The van der Waals surface area contributed by atoms with E-state index in [-0.39, 0.29) is 5.69 Å². The first kappa shape index (κ1) is 19.5. The molecule has 2 aromatic carbocycles. The molecule has 1 heterocycles. The monoisotopic (exact) mass is 389 g/mol. The molecule has 0 spiro atoms. The fourth-order valence-electron chi connectivity index (χ4n) is 3.18. The molecule has 0 atom stereocenters. The summed E-state index contributed by atoms with van der Waals surface area (Å²) in [6.07, 6.45) is 0. The van der Waals surface area contributed by atoms with E-state index in [9.17, 15) is 18.5 Å². The number of piperazine rings is 1. The van der Waals surface area contributed by atoms with Crippen molar-refractivity contribution in [3.8, 4) is 0 Å². The molecule has 0 N–H and O–H groups in total. The third-order valence-corrected chi connectivity index (χ3v) is 6.87. The first-order chi connectivity index (χ1) is 12.8. The molecule has 0 saturated carbocycles. The van der Waals surface area contributed by atoms with Crippen LogP contribution in [0.2, 0.25) is 0 Å². The maximum Gasteiger partial charge on any atom is 0.269 e. The van der Waals surface area contributed by atoms with Crippen molar-refractivity contribution in [3.05, 3.63) is 69.3 Å². The zero-order valence-corrected chi connectivity index (χ0v) is 16.3. The van der Waals surface area contributed by atoms with Crippen LogP contribution in [0.15, 0.2) is 47.4 Å². The summed E-state index contributed by atoms with van der Waals surface area (Å²) in [5.74, 6) is 0. The number of hydrogen-bond acceptors (Lipinski definition) is 5. The van der Waals surface area contributed by atoms with Crippen LogP contribution in [0.1, 0.15) is 16.7 Å². The molecule has 0 amide bonds. The number of nitro benzene ring substituents is 1. The van der Waals surface area contributed by atoms with E-state index in [4.69, 9.17) is 0 Å². The van der Waals surface area contributed by atoms with E-state index >= 15 is 0 Å². The first-order valence-electron chi connectivity index (χ1n) is 8.80. The molecule has 1 aliphatic heterocycles. The normalized spacial score (nSPS) is 16.4. The smallest absolute Gasteiger partial charge is 0.269 e. The lowest BCUT2D eigenvalue weighted by atomic mass is 10.1. The van der Waals surface area contributed by atoms with Gasteiger partial charge in [0.1, 0.15) is 0 Å². The van der Waals surface area contributed by atoms with Crippen LogP contribution in [0, 0.1) is 24.0 Å². The second-order valence-electron chi connectivity index (χ2n) is 6.85. The van der Waals surface area contributed by atoms with Gasteiger partial charge in [0.15, 0.2) is 0 Å². The molecule has 1 aliphatic rings. The number of sulfonamides is 1. The SMILES string of the molecule is Cc1ccc(S(=O)(=O)N2CCN(Cc3cccc([N+](=O)[O-])c3)CC2)cc1C. The van der Waals surface area contributed by atoms with Crippen molar-refractivity contribution in [3.63, 3.8) is 0 Å². The van der Waals surface area contributed by atoms with Crippen LogP contribution in [0.3, 0.4) is 0 Å². The number of aryl methyl sites for hydroxylation is 2. The van der Waals surface area contributed by atoms with Crippen molar-refractivity contribution in [2.75, 3.05) is 26.2 Å². The molecule has 8 heteroatoms. The molecule has 0 aliphatic carbocycles. The highest BCUT2D eigenvalue weighted by Crippen LogP contribution is 2.21. The van der Waals surface area contributed by atoms with Crippen molar-refractivity contribution in [1.29, 1.82) is 0 Å². The topological polar surface area (TPSA) is 83.8 Å². The highest BCUT2D eigenvalue weighted by atomic mass is 32.2. The van der Waals surface area contributed by atoms with E-state index in [2.05, 4.69) is 4.90 Å². The molecular weight excluding hydrogens is 366 g/mol. The van der Waals surface area contributed by atoms with Crippen molar-refractivity contribution < 1.29 is 13.3 Å². The van der Waals surface area contributed by atoms with Crippen molar-refractivity contribution in [2.24, 2.45) is 0 Å². The minimum absolute atomic E-state index is 0.0726. The van der Waals surface area contributed by atoms with E-state index in [0.29, 0.717) is 37.6 Å². The highest BCUT2D eigenvalue weighted by Gasteiger charge is 2.28. The lowest BCUT2D eigenvalue weighted by molar-refractivity contribution is -0.384. The molecule has 27 heavy (non-hydrogen) atoms. The van der Waals surface area contributed by atoms with E-state index in [1.54, 1.807) is 24.3 Å². The van der Waals surface area contributed by atoms with Gasteiger partial charge < -0.3 is 0 Å². The lowest BCUT2D eigenvalue weighted by Crippen LogP contribution is -2.48. The van der Waals surface area contributed by atoms with Crippen molar-refractivity contribution in [2.45, 2.75) is 25.3 Å². The Morgan fingerprint density at radius 3 is 2.33 bits per heavy atom. The second-order valence-corrected chi connectivity index (χ2v) is 8.79. The number of hydrogen-bond donors (Lipinski definition) is 0. The van der Waals surface area contributed by atoms with Gasteiger partial charge in [0.2, 0.25) is 10.0 Å². The number of nitro groups is 1. The molecule has 1 fully saturated rings. The number of non-ortho nitro benzene ring substituents is 1. The quantitative estimate of drug-likeness (QED) is 0.580. The Balaban J connectivity index is 1.65. The molecule has 3 rings (SSSR count). The maximum atomic E-state index is 12.9. The summed E-state index contributed by atoms with van der Waals surface area (Å²) in [6.45, 7) is 6.43. The largest absolute Gasteiger partial charge is 0.296 e. The van der Waals surface area contributed by atoms with Gasteiger partial charge in [-0.2, -0.15) is 4.31 Å². The van der Waals surface area contributed by atoms with Gasteiger partial charge in [-0.15, -0.1) is 0 Å². The molecule has 0 radical (unpaired) electrons. The number of rotatable bonds is 5. The first-order valence-corrected chi connectivity index (χ1v) is 10.2. The highest BCUT2D eigenvalue weighted by molar-refractivity contribution is 7.89. The molecule has 144 valence electrons. The summed E-state index contributed by atoms with van der Waals surface area (Å²) < 4.78 is 27.3. The van der Waals surface area contributed by atoms with Crippen LogP contribution >= 0.6 is 0 Å². The minimum Gasteiger partial charge on any atom is -0.296 e. The van der Waals surface area contributed by atoms with Gasteiger partial charge in [0.25, 0.3) is 5.69 Å². The van der Waals surface area contributed by atoms with Gasteiger partial charge in [-0.25, -0.2) is 8.42 Å². The molecule has 0 bridgehead atoms. The number of nitrogens with zero attached hydrogens (tertiary/aromatic N) is 3. The van der Waals surface area contributed by atoms with E-state index in [0.717, 1.165) is 16.7 Å². The molecule has 7 nitrogen and oxygen atoms in total. The standard InChI is InChI=1S/C19H23N3O4S/c1-15-6-7-19(12-16(15)2)27(25,26)21-10-8-20(9-11-21)14-17-4-3-5-18(13-17)22(23)24/h3-7,12-13H,8-11,14H2,1-2H3. The zero-order valence-electron chi connectivity index (χ0n) is 15.5. The Bertz CT molecular complexity index is 951. The fraction of sp³-hybridized carbons (Fsp3) is 0.368. The Kier molecular flexibility index (Phi) is 5.59. The Morgan fingerprint density at radius 1 is 1.00 bits per heavy atom. The van der Waals surface area contributed by atoms with Crippen LogP contribution in [0.5, 0.6) is 0 Å². The van der Waals surface area contributed by atoms with Crippen LogP contribution in [0.25, 0.3) is 0 Å². The summed E-state index contributed by atoms with van der Waals surface area (Å²) in [5.41, 5.74) is 2.95. The molecular formula is C19H23N3O4S. The van der Waals surface area contributed by atoms with Gasteiger partial charge in [0.05, 0.1) is 9.82 Å². The van der Waals surface area contributed by atoms with Gasteiger partial charge in [0, 0.05) is 44.9 Å². The summed E-state index contributed by atoms with van der Waals surface area (Å²) in [6, 6.07) is 11.8. The van der Waals surface area contributed by atoms with Crippen molar-refractivity contribution in [1.82, 2.24) is 9.21 Å². The van der Waals surface area contributed by atoms with Crippen LogP contribution < -0.4 is 0 Å². The molecule has 2 aromatic rings. The third-order valence-electron chi connectivity index (χ3n) is 4.97. The Labute approximate surface area is 159 Å². The maximum absolute atomic E-state index is 12.9. The average Bonchev–Trinajstić information content (AvgIpc) is 2.64. The van der Waals surface area contributed by atoms with E-state index in [1.165, 1.54) is 10.4 Å². The summed E-state index contributed by atoms with van der Waals surface area (Å²) in [4.78, 5) is 12.9. The lowest BCUT2D eigenvalue weighted by Gasteiger charge is -2.34. The fourth-order valence-corrected chi connectivity index (χ4v) is 4.69. The summed E-state index contributed by atoms with van der Waals surface area (Å²) in [5, 5.41) is 10.9. The van der Waals surface area contributed by atoms with E-state index in [1.807, 2.05) is 26.0 Å². The van der Waals surface area contributed by atoms with Gasteiger partial charge >= 0.3 is 0 Å². The van der Waals surface area contributed by atoms with Crippen LogP contribution in [0.4, 0.5) is 5.69 Å². The van der Waals surface area contributed by atoms with Gasteiger partial charge in [-0.3, -0.25) is 15.0 Å². The van der Waals surface area contributed by atoms with Gasteiger partial charge in [-0.1, -0.05) is 18.2 Å². The Hall–Kier alpha value is -2.29. The Morgan fingerprint density at radius 2 is 1.70 bits per heavy atom. The molecule has 0 unspecified atom stereocenters. The summed E-state index contributed by atoms with van der Waals surface area (Å²) >= 11 is 0. The van der Waals surface area contributed by atoms with Gasteiger partial charge in [-0.05, 0) is 42.7 Å². The van der Waals surface area contributed by atoms with Crippen LogP contribution in [-0.4, -0.2) is 48.7 Å². The minimum atomic E-state index is -3.50. The third kappa shape index (κ3) is 4.35. The predicted molar refractivity (Wildman–Crippen MR) is 103 cm³/mol.